The van der Waals surface area contributed by atoms with Crippen molar-refractivity contribution in [2.24, 2.45) is 11.7 Å². The summed E-state index contributed by atoms with van der Waals surface area (Å²) in [6.07, 6.45) is 5.98. The molecule has 0 spiro atoms. The molecular formula is C17H28N2O. The number of rotatable bonds is 7. The van der Waals surface area contributed by atoms with Gasteiger partial charge in [0, 0.05) is 12.6 Å². The number of nitrogens with two attached hydrogens (primary N) is 1. The second-order valence-corrected chi connectivity index (χ2v) is 5.90. The minimum atomic E-state index is 0.446. The van der Waals surface area contributed by atoms with Crippen molar-refractivity contribution >= 4 is 0 Å². The first-order valence-corrected chi connectivity index (χ1v) is 7.96. The average Bonchev–Trinajstić information content (AvgIpc) is 2.48. The summed E-state index contributed by atoms with van der Waals surface area (Å²) in [6.45, 7) is 4.97. The van der Waals surface area contributed by atoms with Gasteiger partial charge in [0.1, 0.15) is 5.75 Å². The van der Waals surface area contributed by atoms with Gasteiger partial charge in [0.2, 0.25) is 0 Å². The van der Waals surface area contributed by atoms with Crippen LogP contribution in [0.1, 0.15) is 44.6 Å². The molecule has 20 heavy (non-hydrogen) atoms. The van der Waals surface area contributed by atoms with E-state index in [-0.39, 0.29) is 0 Å². The molecule has 1 fully saturated rings. The summed E-state index contributed by atoms with van der Waals surface area (Å²) in [5.74, 6) is 1.78. The van der Waals surface area contributed by atoms with Gasteiger partial charge in [0.25, 0.3) is 0 Å². The van der Waals surface area contributed by atoms with Gasteiger partial charge in [-0.1, -0.05) is 19.1 Å². The van der Waals surface area contributed by atoms with E-state index in [1.54, 1.807) is 0 Å². The maximum Gasteiger partial charge on any atom is 0.119 e. The van der Waals surface area contributed by atoms with Crippen LogP contribution in [0.2, 0.25) is 0 Å². The van der Waals surface area contributed by atoms with Crippen LogP contribution in [0, 0.1) is 5.92 Å². The van der Waals surface area contributed by atoms with E-state index < -0.39 is 0 Å². The molecule has 1 aromatic rings. The lowest BCUT2D eigenvalue weighted by atomic mass is 9.86. The van der Waals surface area contributed by atoms with Crippen LogP contribution in [-0.4, -0.2) is 19.2 Å². The van der Waals surface area contributed by atoms with E-state index >= 15 is 0 Å². The molecule has 0 amide bonds. The molecule has 1 aliphatic rings. The number of hydrogen-bond donors (Lipinski definition) is 2. The molecule has 0 aliphatic heterocycles. The third kappa shape index (κ3) is 5.14. The summed E-state index contributed by atoms with van der Waals surface area (Å²) in [7, 11) is 0. The van der Waals surface area contributed by atoms with Crippen molar-refractivity contribution < 1.29 is 4.74 Å². The highest BCUT2D eigenvalue weighted by Gasteiger charge is 2.17. The fourth-order valence-electron chi connectivity index (χ4n) is 2.74. The normalized spacial score (nSPS) is 22.7. The molecule has 112 valence electrons. The predicted octanol–water partition coefficient (Wildman–Crippen LogP) is 3.08. The molecule has 1 aliphatic carbocycles. The maximum atomic E-state index is 5.93. The van der Waals surface area contributed by atoms with Crippen molar-refractivity contribution in [2.75, 3.05) is 13.2 Å². The van der Waals surface area contributed by atoms with Gasteiger partial charge in [-0.25, -0.2) is 0 Å². The molecule has 0 bridgehead atoms. The van der Waals surface area contributed by atoms with E-state index in [0.717, 1.165) is 37.8 Å². The third-order valence-corrected chi connectivity index (χ3v) is 4.05. The Labute approximate surface area is 122 Å². The Morgan fingerprint density at radius 1 is 1.15 bits per heavy atom. The topological polar surface area (TPSA) is 47.3 Å². The smallest absolute Gasteiger partial charge is 0.119 e. The lowest BCUT2D eigenvalue weighted by Crippen LogP contribution is -2.31. The third-order valence-electron chi connectivity index (χ3n) is 4.05. The fourth-order valence-corrected chi connectivity index (χ4v) is 2.74. The first kappa shape index (κ1) is 15.3. The molecule has 0 aromatic heterocycles. The van der Waals surface area contributed by atoms with Gasteiger partial charge in [0.05, 0.1) is 6.61 Å². The van der Waals surface area contributed by atoms with Crippen LogP contribution in [0.25, 0.3) is 0 Å². The number of ether oxygens (including phenoxy) is 1. The van der Waals surface area contributed by atoms with E-state index in [0.29, 0.717) is 6.04 Å². The molecule has 1 saturated carbocycles. The Bertz CT molecular complexity index is 369. The Balaban J connectivity index is 1.66. The average molecular weight is 276 g/mol. The Kier molecular flexibility index (Phi) is 6.34. The molecule has 0 atom stereocenters. The van der Waals surface area contributed by atoms with Crippen LogP contribution in [0.4, 0.5) is 0 Å². The second kappa shape index (κ2) is 8.28. The van der Waals surface area contributed by atoms with E-state index in [9.17, 15) is 0 Å². The molecule has 0 saturated heterocycles. The van der Waals surface area contributed by atoms with Crippen molar-refractivity contribution in [2.45, 2.75) is 51.6 Å². The van der Waals surface area contributed by atoms with E-state index in [1.165, 1.54) is 31.2 Å². The van der Waals surface area contributed by atoms with Crippen LogP contribution in [0.15, 0.2) is 24.3 Å². The first-order valence-electron chi connectivity index (χ1n) is 7.96. The van der Waals surface area contributed by atoms with Gasteiger partial charge in [0.15, 0.2) is 0 Å². The first-order chi connectivity index (χ1) is 9.78. The predicted molar refractivity (Wildman–Crippen MR) is 83.9 cm³/mol. The van der Waals surface area contributed by atoms with Gasteiger partial charge < -0.3 is 15.8 Å². The molecule has 0 radical (unpaired) electrons. The molecule has 3 heteroatoms. The summed E-state index contributed by atoms with van der Waals surface area (Å²) in [5, 5.41) is 3.57. The lowest BCUT2D eigenvalue weighted by Gasteiger charge is -2.26. The highest BCUT2D eigenvalue weighted by Crippen LogP contribution is 2.22. The van der Waals surface area contributed by atoms with Crippen molar-refractivity contribution in [3.05, 3.63) is 29.8 Å². The molecule has 1 aromatic carbocycles. The quantitative estimate of drug-likeness (QED) is 0.804. The van der Waals surface area contributed by atoms with E-state index in [4.69, 9.17) is 10.5 Å². The summed E-state index contributed by atoms with van der Waals surface area (Å²) in [6, 6.07) is 8.87. The summed E-state index contributed by atoms with van der Waals surface area (Å²) in [4.78, 5) is 0. The van der Waals surface area contributed by atoms with Gasteiger partial charge >= 0.3 is 0 Å². The van der Waals surface area contributed by atoms with E-state index in [1.807, 2.05) is 0 Å². The lowest BCUT2D eigenvalue weighted by molar-refractivity contribution is 0.313. The van der Waals surface area contributed by atoms with Crippen molar-refractivity contribution in [3.8, 4) is 5.75 Å². The minimum Gasteiger partial charge on any atom is -0.494 e. The minimum absolute atomic E-state index is 0.446. The zero-order valence-corrected chi connectivity index (χ0v) is 12.6. The highest BCUT2D eigenvalue weighted by molar-refractivity contribution is 5.27. The Morgan fingerprint density at radius 3 is 2.50 bits per heavy atom. The van der Waals surface area contributed by atoms with E-state index in [2.05, 4.69) is 36.5 Å². The molecule has 0 unspecified atom stereocenters. The highest BCUT2D eigenvalue weighted by atomic mass is 16.5. The monoisotopic (exact) mass is 276 g/mol. The number of benzene rings is 1. The summed E-state index contributed by atoms with van der Waals surface area (Å²) < 4.78 is 5.59. The zero-order valence-electron chi connectivity index (χ0n) is 12.6. The van der Waals surface area contributed by atoms with Crippen LogP contribution >= 0.6 is 0 Å². The zero-order chi connectivity index (χ0) is 14.2. The molecule has 3 N–H and O–H groups in total. The Hall–Kier alpha value is -1.06. The van der Waals surface area contributed by atoms with Gasteiger partial charge in [-0.2, -0.15) is 0 Å². The molecular weight excluding hydrogens is 248 g/mol. The van der Waals surface area contributed by atoms with Crippen LogP contribution < -0.4 is 15.8 Å². The summed E-state index contributed by atoms with van der Waals surface area (Å²) in [5.41, 5.74) is 7.25. The summed E-state index contributed by atoms with van der Waals surface area (Å²) >= 11 is 0. The van der Waals surface area contributed by atoms with Crippen molar-refractivity contribution in [3.63, 3.8) is 0 Å². The number of hydrogen-bond acceptors (Lipinski definition) is 3. The van der Waals surface area contributed by atoms with Crippen molar-refractivity contribution in [1.29, 1.82) is 0 Å². The molecule has 0 heterocycles. The molecule has 3 nitrogen and oxygen atoms in total. The van der Waals surface area contributed by atoms with Gasteiger partial charge in [-0.15, -0.1) is 0 Å². The number of nitrogens with one attached hydrogen (secondary N) is 1. The standard InChI is InChI=1S/C17H28N2O/c1-2-11-20-17-9-5-15(6-10-17)13-19-12-14-3-7-16(18)8-4-14/h5-6,9-10,14,16,19H,2-4,7-8,11-13,18H2,1H3. The van der Waals surface area contributed by atoms with Crippen LogP contribution in [0.3, 0.4) is 0 Å². The van der Waals surface area contributed by atoms with Gasteiger partial charge in [-0.05, 0) is 62.3 Å². The Morgan fingerprint density at radius 2 is 1.85 bits per heavy atom. The maximum absolute atomic E-state index is 5.93. The van der Waals surface area contributed by atoms with Crippen LogP contribution in [-0.2, 0) is 6.54 Å². The second-order valence-electron chi connectivity index (χ2n) is 5.90. The largest absolute Gasteiger partial charge is 0.494 e. The van der Waals surface area contributed by atoms with Gasteiger partial charge in [-0.3, -0.25) is 0 Å². The van der Waals surface area contributed by atoms with Crippen LogP contribution in [0.5, 0.6) is 5.75 Å². The fraction of sp³-hybridized carbons (Fsp3) is 0.647. The SMILES string of the molecule is CCCOc1ccc(CNCC2CCC(N)CC2)cc1. The molecule has 2 rings (SSSR count). The van der Waals surface area contributed by atoms with Crippen molar-refractivity contribution in [1.82, 2.24) is 5.32 Å².